The van der Waals surface area contributed by atoms with Crippen LogP contribution in [0.2, 0.25) is 0 Å². The summed E-state index contributed by atoms with van der Waals surface area (Å²) in [4.78, 5) is 32.0. The van der Waals surface area contributed by atoms with Gasteiger partial charge in [-0.05, 0) is 172 Å². The fourth-order valence-electron chi connectivity index (χ4n) is 10.9. The SMILES string of the molecule is COc1ccc(COc2cc(Br)cnc2C#N)cc1.COc1ccc(COc2cc(Nc3ncn(-c4ccc(C(F)(F)F)cc4)n3)cnc2/C(N)=N/O)cc1.COc1ccc(COc2cc(Nc3ncn(-c4ccc(C(F)(F)F)cc4)n3)cnc2C#N)cc1.N/C(=N\O)c1ncc(Nc2ncn(-c3ccc(C(F)(F)F)cc3)n2)cc1O.Nc1ncn(-c2ccc(C(F)(F)F)cc2)n1. The Hall–Kier alpha value is -17.3. The summed E-state index contributed by atoms with van der Waals surface area (Å²) in [6.45, 7) is 0.753. The summed E-state index contributed by atoms with van der Waals surface area (Å²) in [5.74, 6) is 2.79. The number of methoxy groups -OCH3 is 3. The van der Waals surface area contributed by atoms with E-state index >= 15 is 0 Å². The van der Waals surface area contributed by atoms with Gasteiger partial charge in [-0.15, -0.1) is 20.4 Å². The maximum atomic E-state index is 12.8. The van der Waals surface area contributed by atoms with Gasteiger partial charge in [0, 0.05) is 28.9 Å². The van der Waals surface area contributed by atoms with Gasteiger partial charge in [0.25, 0.3) is 0 Å². The second-order valence-electron chi connectivity index (χ2n) is 26.5. The van der Waals surface area contributed by atoms with Gasteiger partial charge >= 0.3 is 24.7 Å². The van der Waals surface area contributed by atoms with Gasteiger partial charge in [0.2, 0.25) is 23.8 Å². The van der Waals surface area contributed by atoms with Gasteiger partial charge in [-0.2, -0.15) is 78.2 Å². The molecule has 0 unspecified atom stereocenters. The summed E-state index contributed by atoms with van der Waals surface area (Å²) >= 11 is 3.30. The minimum absolute atomic E-state index is 0.0693. The molecule has 0 aliphatic carbocycles. The number of anilines is 7. The number of oxime groups is 2. The molecule has 0 spiro atoms. The third kappa shape index (κ3) is 26.6. The van der Waals surface area contributed by atoms with Crippen molar-refractivity contribution in [1.82, 2.24) is 79.0 Å². The summed E-state index contributed by atoms with van der Waals surface area (Å²) in [6.07, 6.45) is -6.53. The predicted molar refractivity (Wildman–Crippen MR) is 452 cm³/mol. The molecular formula is C84H67BrF12N26O9. The highest BCUT2D eigenvalue weighted by molar-refractivity contribution is 9.10. The summed E-state index contributed by atoms with van der Waals surface area (Å²) in [5, 5.41) is 76.5. The average molecular weight is 1890 g/mol. The number of nitrogens with two attached hydrogens (primary N) is 3. The Kier molecular flexibility index (Phi) is 31.2. The molecule has 8 heterocycles. The normalized spacial score (nSPS) is 11.4. The Morgan fingerprint density at radius 3 is 1.01 bits per heavy atom. The summed E-state index contributed by atoms with van der Waals surface area (Å²) in [5.41, 5.74) is 19.4. The van der Waals surface area contributed by atoms with Crippen LogP contribution in [0.3, 0.4) is 0 Å². The van der Waals surface area contributed by atoms with Crippen molar-refractivity contribution < 1.29 is 96.6 Å². The standard InChI is InChI=1S/C23H20F3N7O3.C23H17F3N6O2.C15H12F3N7O2.C14H11BrN2O2.C9H7F3N4/c1-35-18-8-2-14(3-9-18)12-36-19-10-16(11-28-20(19)21(27)32-34)30-22-29-13-33(31-22)17-6-4-15(5-7-17)23(24,25)26;1-33-19-8-2-15(3-9-19)13-34-21-10-17(12-28-20(21)11-27)30-22-29-14-32(31-22)18-6-4-16(5-7-18)23(24,25)26;16-15(17,18)8-1-3-10(4-2-8)25-7-21-14(23-25)22-9-5-11(26)12(20-6-9)13(19)24-27;1-18-12-4-2-10(3-5-12)9-19-14-6-11(15)8-17-13(14)7-16;10-9(11,12)6-1-3-7(4-2-6)16-5-14-8(13)15-16/h2-11,13,34H,12H2,1H3,(H2,27,32)(H,30,31);2-10,12,14H,13H2,1H3,(H,30,31);1-7,26-27H,(H2,19,24)(H,22,23);2-6,8H,9H2,1H3;1-5H,(H2,13,15). The zero-order chi connectivity index (χ0) is 94.9. The van der Waals surface area contributed by atoms with Crippen LogP contribution in [-0.2, 0) is 44.5 Å². The van der Waals surface area contributed by atoms with Gasteiger partial charge in [0.15, 0.2) is 51.7 Å². The number of hydrogen-bond acceptors (Lipinski definition) is 29. The minimum Gasteiger partial charge on any atom is -0.505 e. The molecule has 12 N–H and O–H groups in total. The number of amidine groups is 2. The molecule has 7 aromatic carbocycles. The first-order valence-electron chi connectivity index (χ1n) is 37.4. The molecule has 0 amide bonds. The number of benzene rings is 7. The van der Waals surface area contributed by atoms with Gasteiger partial charge in [0.1, 0.15) is 80.3 Å². The zero-order valence-electron chi connectivity index (χ0n) is 68.1. The molecule has 0 atom stereocenters. The molecular weight excluding hydrogens is 1820 g/mol. The Morgan fingerprint density at radius 1 is 0.394 bits per heavy atom. The molecule has 8 aromatic heterocycles. The number of alkyl halides is 12. The van der Waals surface area contributed by atoms with Gasteiger partial charge in [0.05, 0.1) is 102 Å². The fraction of sp³-hybridized carbons (Fsp3) is 0.119. The van der Waals surface area contributed by atoms with E-state index in [1.807, 2.05) is 60.7 Å². The lowest BCUT2D eigenvalue weighted by Crippen LogP contribution is -2.17. The molecule has 0 saturated carbocycles. The van der Waals surface area contributed by atoms with Gasteiger partial charge < -0.3 is 77.1 Å². The van der Waals surface area contributed by atoms with Crippen LogP contribution in [0.25, 0.3) is 22.7 Å². The molecule has 0 aliphatic rings. The number of halogens is 13. The fourth-order valence-corrected chi connectivity index (χ4v) is 11.2. The van der Waals surface area contributed by atoms with Crippen LogP contribution >= 0.6 is 15.9 Å². The Balaban J connectivity index is 0.000000164. The van der Waals surface area contributed by atoms with Crippen LogP contribution in [0.15, 0.2) is 259 Å². The first-order valence-corrected chi connectivity index (χ1v) is 38.2. The summed E-state index contributed by atoms with van der Waals surface area (Å²) in [7, 11) is 4.77. The third-order valence-corrected chi connectivity index (χ3v) is 18.0. The maximum Gasteiger partial charge on any atom is 0.416 e. The number of pyridine rings is 4. The Labute approximate surface area is 746 Å². The van der Waals surface area contributed by atoms with Crippen LogP contribution in [0.1, 0.15) is 61.7 Å². The Morgan fingerprint density at radius 2 is 0.689 bits per heavy atom. The van der Waals surface area contributed by atoms with Crippen molar-refractivity contribution >= 4 is 68.5 Å². The van der Waals surface area contributed by atoms with E-state index in [0.29, 0.717) is 57.9 Å². The van der Waals surface area contributed by atoms with Crippen LogP contribution < -0.4 is 61.6 Å². The first-order chi connectivity index (χ1) is 63.1. The van der Waals surface area contributed by atoms with E-state index in [4.69, 9.17) is 61.3 Å². The van der Waals surface area contributed by atoms with Crippen LogP contribution in [0, 0.1) is 22.7 Å². The number of nitriles is 2. The van der Waals surface area contributed by atoms with Crippen molar-refractivity contribution in [2.24, 2.45) is 21.8 Å². The van der Waals surface area contributed by atoms with E-state index in [1.54, 1.807) is 70.0 Å². The second-order valence-corrected chi connectivity index (χ2v) is 27.4. The molecule has 0 bridgehead atoms. The highest BCUT2D eigenvalue weighted by Gasteiger charge is 2.33. The molecule has 0 aliphatic heterocycles. The molecule has 15 aromatic rings. The number of nitrogens with zero attached hydrogens (tertiary/aromatic N) is 20. The van der Waals surface area contributed by atoms with E-state index < -0.39 is 47.0 Å². The van der Waals surface area contributed by atoms with Crippen molar-refractivity contribution in [1.29, 1.82) is 10.5 Å². The molecule has 48 heteroatoms. The number of ether oxygens (including phenoxy) is 6. The monoisotopic (exact) mass is 1890 g/mol. The third-order valence-electron chi connectivity index (χ3n) is 17.6. The van der Waals surface area contributed by atoms with Gasteiger partial charge in [-0.25, -0.2) is 43.6 Å². The van der Waals surface area contributed by atoms with Crippen molar-refractivity contribution in [3.8, 4) is 75.1 Å². The van der Waals surface area contributed by atoms with E-state index in [0.717, 1.165) is 81.2 Å². The number of aromatic hydroxyl groups is 1. The average Bonchev–Trinajstić information content (AvgIpc) is 1.60. The number of aromatic nitrogens is 16. The van der Waals surface area contributed by atoms with Gasteiger partial charge in [-0.1, -0.05) is 46.7 Å². The van der Waals surface area contributed by atoms with E-state index in [1.165, 1.54) is 117 Å². The molecule has 0 saturated heterocycles. The first kappa shape index (κ1) is 95.3. The lowest BCUT2D eigenvalue weighted by Gasteiger charge is -2.12. The molecule has 0 fully saturated rings. The van der Waals surface area contributed by atoms with Crippen LogP contribution in [0.4, 0.5) is 93.5 Å². The van der Waals surface area contributed by atoms with E-state index in [9.17, 15) is 63.1 Å². The minimum atomic E-state index is -4.43. The largest absolute Gasteiger partial charge is 0.505 e. The van der Waals surface area contributed by atoms with Crippen molar-refractivity contribution in [2.75, 3.05) is 43.0 Å². The predicted octanol–water partition coefficient (Wildman–Crippen LogP) is 16.4. The topological polar surface area (TPSA) is 477 Å². The molecule has 0 radical (unpaired) electrons. The van der Waals surface area contributed by atoms with Crippen LogP contribution in [-0.4, -0.2) is 128 Å². The van der Waals surface area contributed by atoms with Crippen molar-refractivity contribution in [3.63, 3.8) is 0 Å². The van der Waals surface area contributed by atoms with Gasteiger partial charge in [-0.3, -0.25) is 0 Å². The highest BCUT2D eigenvalue weighted by atomic mass is 79.9. The lowest BCUT2D eigenvalue weighted by molar-refractivity contribution is -0.138. The summed E-state index contributed by atoms with van der Waals surface area (Å²) < 4.78 is 190. The van der Waals surface area contributed by atoms with Crippen molar-refractivity contribution in [2.45, 2.75) is 44.5 Å². The number of nitrogen functional groups attached to an aromatic ring is 1. The van der Waals surface area contributed by atoms with E-state index in [2.05, 4.69) is 102 Å². The highest BCUT2D eigenvalue weighted by Crippen LogP contribution is 2.36. The molecule has 132 heavy (non-hydrogen) atoms. The zero-order valence-corrected chi connectivity index (χ0v) is 69.7. The smallest absolute Gasteiger partial charge is 0.416 e. The molecule has 35 nitrogen and oxygen atoms in total. The molecule has 15 rings (SSSR count). The van der Waals surface area contributed by atoms with Crippen molar-refractivity contribution in [3.05, 3.63) is 310 Å². The number of rotatable bonds is 24. The lowest BCUT2D eigenvalue weighted by atomic mass is 10.2. The summed E-state index contributed by atoms with van der Waals surface area (Å²) in [6, 6.07) is 50.3. The number of hydrogen-bond donors (Lipinski definition) is 9. The molecule has 678 valence electrons. The quantitative estimate of drug-likeness (QED) is 0.00892. The Bertz CT molecular complexity index is 6520. The van der Waals surface area contributed by atoms with E-state index in [-0.39, 0.29) is 88.7 Å². The number of nitrogens with one attached hydrogen (secondary N) is 3. The van der Waals surface area contributed by atoms with Crippen LogP contribution in [0.5, 0.6) is 40.2 Å². The maximum absolute atomic E-state index is 12.8. The second kappa shape index (κ2) is 43.2.